The van der Waals surface area contributed by atoms with Crippen molar-refractivity contribution in [1.29, 1.82) is 0 Å². The summed E-state index contributed by atoms with van der Waals surface area (Å²) in [6.45, 7) is 5.63. The summed E-state index contributed by atoms with van der Waals surface area (Å²) in [6.07, 6.45) is -4.45. The van der Waals surface area contributed by atoms with Crippen LogP contribution in [0.2, 0.25) is 0 Å². The molecule has 0 spiro atoms. The molecular weight excluding hydrogens is 463 g/mol. The number of alkyl halides is 3. The van der Waals surface area contributed by atoms with Crippen molar-refractivity contribution < 1.29 is 35.9 Å². The Hall–Kier alpha value is -2.99. The first-order chi connectivity index (χ1) is 15.3. The van der Waals surface area contributed by atoms with Gasteiger partial charge in [-0.25, -0.2) is 8.42 Å². The van der Waals surface area contributed by atoms with E-state index in [0.717, 1.165) is 12.1 Å². The predicted octanol–water partition coefficient (Wildman–Crippen LogP) is 4.10. The molecule has 12 heteroatoms. The fraction of sp³-hybridized carbons (Fsp3) is 0.381. The summed E-state index contributed by atoms with van der Waals surface area (Å²) in [5.41, 5.74) is 6.01. The minimum atomic E-state index is -4.92. The van der Waals surface area contributed by atoms with E-state index in [1.54, 1.807) is 6.92 Å². The van der Waals surface area contributed by atoms with Gasteiger partial charge in [-0.05, 0) is 43.5 Å². The number of rotatable bonds is 10. The first-order valence-electron chi connectivity index (χ1n) is 10.0. The second-order valence-electron chi connectivity index (χ2n) is 7.50. The van der Waals surface area contributed by atoms with Crippen LogP contribution in [0.1, 0.15) is 27.2 Å². The molecule has 0 radical (unpaired) electrons. The number of carbonyl (C=O) groups excluding carboxylic acids is 1. The molecular formula is C21H26F3N3O5S. The number of hydrogen-bond acceptors (Lipinski definition) is 6. The average Bonchev–Trinajstić information content (AvgIpc) is 2.66. The van der Waals surface area contributed by atoms with Gasteiger partial charge in [-0.2, -0.15) is 0 Å². The molecule has 2 rings (SSSR count). The molecule has 0 unspecified atom stereocenters. The first-order valence-corrected chi connectivity index (χ1v) is 11.5. The van der Waals surface area contributed by atoms with Gasteiger partial charge in [0.2, 0.25) is 5.91 Å². The normalized spacial score (nSPS) is 12.8. The lowest BCUT2D eigenvalue weighted by Crippen LogP contribution is -2.36. The Balaban J connectivity index is 2.27. The van der Waals surface area contributed by atoms with Crippen LogP contribution in [-0.2, 0) is 14.8 Å². The van der Waals surface area contributed by atoms with E-state index in [1.165, 1.54) is 30.3 Å². The molecule has 2 aromatic rings. The van der Waals surface area contributed by atoms with Crippen LogP contribution in [0.5, 0.6) is 11.5 Å². The number of amides is 1. The molecule has 0 saturated heterocycles. The van der Waals surface area contributed by atoms with Gasteiger partial charge in [-0.1, -0.05) is 19.9 Å². The summed E-state index contributed by atoms with van der Waals surface area (Å²) in [7, 11) is -4.25. The number of anilines is 2. The number of halogens is 3. The number of carbonyl (C=O) groups is 1. The van der Waals surface area contributed by atoms with Gasteiger partial charge in [0.05, 0.1) is 18.3 Å². The monoisotopic (exact) mass is 489 g/mol. The molecule has 0 bridgehead atoms. The van der Waals surface area contributed by atoms with Gasteiger partial charge < -0.3 is 20.5 Å². The summed E-state index contributed by atoms with van der Waals surface area (Å²) < 4.78 is 74.5. The van der Waals surface area contributed by atoms with E-state index in [0.29, 0.717) is 6.42 Å². The molecule has 0 heterocycles. The minimum absolute atomic E-state index is 0.0528. The van der Waals surface area contributed by atoms with Crippen LogP contribution in [0, 0.1) is 5.92 Å². The van der Waals surface area contributed by atoms with E-state index in [1.807, 2.05) is 13.8 Å². The zero-order valence-corrected chi connectivity index (χ0v) is 19.1. The van der Waals surface area contributed by atoms with E-state index < -0.39 is 34.1 Å². The van der Waals surface area contributed by atoms with Gasteiger partial charge in [0.25, 0.3) is 10.0 Å². The first kappa shape index (κ1) is 26.3. The van der Waals surface area contributed by atoms with Crippen molar-refractivity contribution in [1.82, 2.24) is 0 Å². The maximum atomic E-state index is 12.9. The second kappa shape index (κ2) is 10.8. The lowest BCUT2D eigenvalue weighted by atomic mass is 10.0. The summed E-state index contributed by atoms with van der Waals surface area (Å²) in [5, 5.41) is 2.62. The van der Waals surface area contributed by atoms with Crippen molar-refractivity contribution in [2.24, 2.45) is 11.7 Å². The van der Waals surface area contributed by atoms with Crippen LogP contribution < -0.4 is 25.2 Å². The number of benzene rings is 2. The SMILES string of the molecule is CCOc1cc(NC(=O)[C@@H](N)CC(C)C)ccc1S(=O)(=O)Nc1cccc(OC(F)(F)F)c1. The molecule has 1 amide bonds. The minimum Gasteiger partial charge on any atom is -0.492 e. The number of sulfonamides is 1. The molecule has 4 N–H and O–H groups in total. The molecule has 0 aliphatic heterocycles. The summed E-state index contributed by atoms with van der Waals surface area (Å²) in [4.78, 5) is 12.0. The lowest BCUT2D eigenvalue weighted by molar-refractivity contribution is -0.274. The number of ether oxygens (including phenoxy) is 2. The van der Waals surface area contributed by atoms with Gasteiger partial charge in [0.15, 0.2) is 0 Å². The highest BCUT2D eigenvalue weighted by Crippen LogP contribution is 2.31. The van der Waals surface area contributed by atoms with Crippen LogP contribution >= 0.6 is 0 Å². The van der Waals surface area contributed by atoms with Crippen LogP contribution in [0.4, 0.5) is 24.5 Å². The molecule has 0 saturated carbocycles. The van der Waals surface area contributed by atoms with E-state index in [2.05, 4.69) is 14.8 Å². The van der Waals surface area contributed by atoms with Gasteiger partial charge in [-0.3, -0.25) is 9.52 Å². The largest absolute Gasteiger partial charge is 0.573 e. The maximum Gasteiger partial charge on any atom is 0.573 e. The smallest absolute Gasteiger partial charge is 0.492 e. The standard InChI is InChI=1S/C21H26F3N3O5S/c1-4-31-18-12-14(26-20(28)17(25)10-13(2)3)8-9-19(18)33(29,30)27-15-6-5-7-16(11-15)32-21(22,23)24/h5-9,11-13,17,27H,4,10,25H2,1-3H3,(H,26,28)/t17-/m0/s1. The number of nitrogens with one attached hydrogen (secondary N) is 2. The molecule has 2 aromatic carbocycles. The van der Waals surface area contributed by atoms with Crippen LogP contribution in [0.3, 0.4) is 0 Å². The van der Waals surface area contributed by atoms with E-state index in [-0.39, 0.29) is 34.5 Å². The van der Waals surface area contributed by atoms with E-state index in [4.69, 9.17) is 10.5 Å². The van der Waals surface area contributed by atoms with Crippen LogP contribution in [0.25, 0.3) is 0 Å². The Kier molecular flexibility index (Phi) is 8.56. The highest BCUT2D eigenvalue weighted by Gasteiger charge is 2.31. The van der Waals surface area contributed by atoms with Gasteiger partial charge in [0.1, 0.15) is 16.4 Å². The lowest BCUT2D eigenvalue weighted by Gasteiger charge is -2.17. The third-order valence-electron chi connectivity index (χ3n) is 4.18. The molecule has 33 heavy (non-hydrogen) atoms. The maximum absolute atomic E-state index is 12.9. The number of nitrogens with two attached hydrogens (primary N) is 1. The van der Waals surface area contributed by atoms with Crippen molar-refractivity contribution in [3.05, 3.63) is 42.5 Å². The van der Waals surface area contributed by atoms with Crippen molar-refractivity contribution in [2.75, 3.05) is 16.6 Å². The van der Waals surface area contributed by atoms with Crippen molar-refractivity contribution >= 4 is 27.3 Å². The fourth-order valence-corrected chi connectivity index (χ4v) is 4.07. The Morgan fingerprint density at radius 1 is 1.12 bits per heavy atom. The third-order valence-corrected chi connectivity index (χ3v) is 5.60. The fourth-order valence-electron chi connectivity index (χ4n) is 2.89. The molecule has 8 nitrogen and oxygen atoms in total. The predicted molar refractivity (Wildman–Crippen MR) is 118 cm³/mol. The van der Waals surface area contributed by atoms with Crippen molar-refractivity contribution in [2.45, 2.75) is 44.5 Å². The zero-order chi connectivity index (χ0) is 24.8. The molecule has 0 aliphatic carbocycles. The Bertz CT molecular complexity index is 1080. The summed E-state index contributed by atoms with van der Waals surface area (Å²) in [5.74, 6) is -0.851. The van der Waals surface area contributed by atoms with Gasteiger partial charge in [0, 0.05) is 17.8 Å². The molecule has 1 atom stereocenters. The molecule has 0 fully saturated rings. The molecule has 0 aromatic heterocycles. The quantitative estimate of drug-likeness (QED) is 0.462. The average molecular weight is 490 g/mol. The molecule has 0 aliphatic rings. The number of hydrogen-bond donors (Lipinski definition) is 3. The highest BCUT2D eigenvalue weighted by molar-refractivity contribution is 7.92. The van der Waals surface area contributed by atoms with Crippen LogP contribution in [-0.4, -0.2) is 33.3 Å². The Morgan fingerprint density at radius 3 is 2.42 bits per heavy atom. The van der Waals surface area contributed by atoms with E-state index in [9.17, 15) is 26.4 Å². The Morgan fingerprint density at radius 2 is 1.82 bits per heavy atom. The van der Waals surface area contributed by atoms with Crippen molar-refractivity contribution in [3.63, 3.8) is 0 Å². The second-order valence-corrected chi connectivity index (χ2v) is 9.15. The summed E-state index contributed by atoms with van der Waals surface area (Å²) >= 11 is 0. The van der Waals surface area contributed by atoms with Gasteiger partial charge >= 0.3 is 6.36 Å². The summed E-state index contributed by atoms with van der Waals surface area (Å²) in [6, 6.07) is 7.59. The van der Waals surface area contributed by atoms with E-state index >= 15 is 0 Å². The third kappa shape index (κ3) is 8.13. The Labute approximate surface area is 190 Å². The molecule has 182 valence electrons. The van der Waals surface area contributed by atoms with Crippen LogP contribution in [0.15, 0.2) is 47.4 Å². The van der Waals surface area contributed by atoms with Crippen molar-refractivity contribution in [3.8, 4) is 11.5 Å². The topological polar surface area (TPSA) is 120 Å². The zero-order valence-electron chi connectivity index (χ0n) is 18.3. The highest BCUT2D eigenvalue weighted by atomic mass is 32.2. The van der Waals surface area contributed by atoms with Gasteiger partial charge in [-0.15, -0.1) is 13.2 Å².